The molecule has 1 amide bonds. The van der Waals surface area contributed by atoms with E-state index in [0.717, 1.165) is 36.7 Å². The van der Waals surface area contributed by atoms with Crippen molar-refractivity contribution >= 4 is 5.91 Å². The first-order valence-corrected chi connectivity index (χ1v) is 8.69. The molecule has 138 valence electrons. The number of amides is 1. The molecule has 0 N–H and O–H groups in total. The van der Waals surface area contributed by atoms with E-state index >= 15 is 0 Å². The Kier molecular flexibility index (Phi) is 5.30. The Morgan fingerprint density at radius 1 is 1.23 bits per heavy atom. The molecular weight excluding hydrogens is 341 g/mol. The van der Waals surface area contributed by atoms with Crippen LogP contribution in [0.15, 0.2) is 42.6 Å². The Morgan fingerprint density at radius 2 is 2.04 bits per heavy atom. The van der Waals surface area contributed by atoms with E-state index < -0.39 is 11.7 Å². The number of benzene rings is 1. The van der Waals surface area contributed by atoms with Gasteiger partial charge in [0.1, 0.15) is 0 Å². The van der Waals surface area contributed by atoms with Crippen LogP contribution in [0.25, 0.3) is 0 Å². The van der Waals surface area contributed by atoms with Gasteiger partial charge in [0.15, 0.2) is 0 Å². The Hall–Kier alpha value is -2.37. The van der Waals surface area contributed by atoms with Crippen LogP contribution in [-0.2, 0) is 17.4 Å². The van der Waals surface area contributed by atoms with Crippen LogP contribution in [0.3, 0.4) is 0 Å². The van der Waals surface area contributed by atoms with Crippen molar-refractivity contribution in [2.24, 2.45) is 0 Å². The van der Waals surface area contributed by atoms with E-state index in [1.165, 1.54) is 12.1 Å². The number of aromatic nitrogens is 1. The van der Waals surface area contributed by atoms with Crippen LogP contribution in [0.5, 0.6) is 0 Å². The maximum Gasteiger partial charge on any atom is 0.416 e. The number of piperidine rings is 1. The largest absolute Gasteiger partial charge is 0.416 e. The monoisotopic (exact) mass is 362 g/mol. The average Bonchev–Trinajstić information content (AvgIpc) is 2.62. The summed E-state index contributed by atoms with van der Waals surface area (Å²) in [4.78, 5) is 17.9. The summed E-state index contributed by atoms with van der Waals surface area (Å²) >= 11 is 0. The fourth-order valence-electron chi connectivity index (χ4n) is 3.38. The fraction of sp³-hybridized carbons (Fsp3) is 0.400. The predicted molar refractivity (Wildman–Crippen MR) is 92.7 cm³/mol. The average molecular weight is 362 g/mol. The van der Waals surface area contributed by atoms with Gasteiger partial charge >= 0.3 is 6.18 Å². The summed E-state index contributed by atoms with van der Waals surface area (Å²) in [6, 6.07) is 9.22. The van der Waals surface area contributed by atoms with Crippen LogP contribution < -0.4 is 0 Å². The van der Waals surface area contributed by atoms with E-state index in [0.29, 0.717) is 18.5 Å². The van der Waals surface area contributed by atoms with Crippen LogP contribution in [0.2, 0.25) is 0 Å². The van der Waals surface area contributed by atoms with Crippen molar-refractivity contribution in [2.75, 3.05) is 13.1 Å². The van der Waals surface area contributed by atoms with Gasteiger partial charge in [0.05, 0.1) is 5.56 Å². The Labute approximate surface area is 150 Å². The van der Waals surface area contributed by atoms with E-state index in [9.17, 15) is 18.0 Å². The molecule has 3 rings (SSSR count). The SMILES string of the molecule is CC(=O)N1CCC[C@@H](c2ccc(Cc3cccc(C(F)(F)F)c3)cn2)C1. The summed E-state index contributed by atoms with van der Waals surface area (Å²) in [6.45, 7) is 3.04. The molecule has 3 nitrogen and oxygen atoms in total. The first-order valence-electron chi connectivity index (χ1n) is 8.69. The van der Waals surface area contributed by atoms with Crippen molar-refractivity contribution < 1.29 is 18.0 Å². The molecule has 26 heavy (non-hydrogen) atoms. The molecule has 1 aromatic heterocycles. The summed E-state index contributed by atoms with van der Waals surface area (Å²) in [6.07, 6.45) is -0.257. The second kappa shape index (κ2) is 7.48. The molecule has 0 unspecified atom stereocenters. The predicted octanol–water partition coefficient (Wildman–Crippen LogP) is 4.42. The van der Waals surface area contributed by atoms with Crippen molar-refractivity contribution in [1.29, 1.82) is 0 Å². The molecule has 0 radical (unpaired) electrons. The van der Waals surface area contributed by atoms with Gasteiger partial charge in [-0.3, -0.25) is 9.78 Å². The van der Waals surface area contributed by atoms with Crippen molar-refractivity contribution in [3.05, 3.63) is 65.0 Å². The first-order chi connectivity index (χ1) is 12.3. The van der Waals surface area contributed by atoms with Crippen molar-refractivity contribution in [3.63, 3.8) is 0 Å². The lowest BCUT2D eigenvalue weighted by atomic mass is 9.93. The molecule has 0 aliphatic carbocycles. The number of hydrogen-bond acceptors (Lipinski definition) is 2. The van der Waals surface area contributed by atoms with Crippen molar-refractivity contribution in [3.8, 4) is 0 Å². The summed E-state index contributed by atoms with van der Waals surface area (Å²) in [5, 5.41) is 0. The molecule has 0 saturated carbocycles. The Balaban J connectivity index is 1.69. The molecular formula is C20H21F3N2O. The van der Waals surface area contributed by atoms with Gasteiger partial charge in [-0.15, -0.1) is 0 Å². The van der Waals surface area contributed by atoms with Crippen LogP contribution in [0.4, 0.5) is 13.2 Å². The molecule has 1 aromatic carbocycles. The van der Waals surface area contributed by atoms with Gasteiger partial charge < -0.3 is 4.90 Å². The summed E-state index contributed by atoms with van der Waals surface area (Å²) in [7, 11) is 0. The zero-order valence-corrected chi connectivity index (χ0v) is 14.6. The van der Waals surface area contributed by atoms with Crippen LogP contribution in [0, 0.1) is 0 Å². The lowest BCUT2D eigenvalue weighted by Crippen LogP contribution is -2.37. The lowest BCUT2D eigenvalue weighted by Gasteiger charge is -2.31. The smallest absolute Gasteiger partial charge is 0.342 e. The van der Waals surface area contributed by atoms with E-state index in [4.69, 9.17) is 0 Å². The van der Waals surface area contributed by atoms with Crippen LogP contribution in [-0.4, -0.2) is 28.9 Å². The van der Waals surface area contributed by atoms with Gasteiger partial charge in [0.25, 0.3) is 0 Å². The number of alkyl halides is 3. The van der Waals surface area contributed by atoms with Crippen molar-refractivity contribution in [1.82, 2.24) is 9.88 Å². The Bertz CT molecular complexity index is 771. The lowest BCUT2D eigenvalue weighted by molar-refractivity contribution is -0.137. The molecule has 0 spiro atoms. The second-order valence-electron chi connectivity index (χ2n) is 6.77. The Morgan fingerprint density at radius 3 is 2.69 bits per heavy atom. The van der Waals surface area contributed by atoms with E-state index in [2.05, 4.69) is 4.98 Å². The number of carbonyl (C=O) groups is 1. The molecule has 2 heterocycles. The highest BCUT2D eigenvalue weighted by Gasteiger charge is 2.30. The minimum atomic E-state index is -4.33. The molecule has 1 aliphatic rings. The molecule has 1 fully saturated rings. The third-order valence-electron chi connectivity index (χ3n) is 4.80. The van der Waals surface area contributed by atoms with Gasteiger partial charge in [0, 0.05) is 37.8 Å². The fourth-order valence-corrected chi connectivity index (χ4v) is 3.38. The van der Waals surface area contributed by atoms with E-state index in [1.807, 2.05) is 17.0 Å². The summed E-state index contributed by atoms with van der Waals surface area (Å²) in [5.74, 6) is 0.297. The highest BCUT2D eigenvalue weighted by atomic mass is 19.4. The third-order valence-corrected chi connectivity index (χ3v) is 4.80. The quantitative estimate of drug-likeness (QED) is 0.810. The minimum Gasteiger partial charge on any atom is -0.342 e. The van der Waals surface area contributed by atoms with E-state index in [1.54, 1.807) is 19.2 Å². The molecule has 2 aromatic rings. The number of hydrogen-bond donors (Lipinski definition) is 0. The number of pyridine rings is 1. The standard InChI is InChI=1S/C20H21F3N2O/c1-14(26)25-9-3-5-17(13-25)19-8-7-16(12-24-19)10-15-4-2-6-18(11-15)20(21,22)23/h2,4,6-8,11-12,17H,3,5,9-10,13H2,1H3/t17-/m1/s1. The molecule has 1 atom stereocenters. The van der Waals surface area contributed by atoms with Gasteiger partial charge in [-0.1, -0.05) is 24.3 Å². The van der Waals surface area contributed by atoms with Gasteiger partial charge in [-0.25, -0.2) is 0 Å². The summed E-state index contributed by atoms with van der Waals surface area (Å²) < 4.78 is 38.4. The third kappa shape index (κ3) is 4.42. The molecule has 0 bridgehead atoms. The maximum atomic E-state index is 12.8. The number of halogens is 3. The van der Waals surface area contributed by atoms with E-state index in [-0.39, 0.29) is 11.8 Å². The zero-order valence-electron chi connectivity index (χ0n) is 14.6. The maximum absolute atomic E-state index is 12.8. The van der Waals surface area contributed by atoms with Gasteiger partial charge in [-0.2, -0.15) is 13.2 Å². The second-order valence-corrected chi connectivity index (χ2v) is 6.77. The van der Waals surface area contributed by atoms with Crippen LogP contribution >= 0.6 is 0 Å². The number of nitrogens with zero attached hydrogens (tertiary/aromatic N) is 2. The number of rotatable bonds is 3. The highest BCUT2D eigenvalue weighted by Crippen LogP contribution is 2.30. The zero-order chi connectivity index (χ0) is 18.7. The van der Waals surface area contributed by atoms with Crippen molar-refractivity contribution in [2.45, 2.75) is 38.3 Å². The number of likely N-dealkylation sites (tertiary alicyclic amines) is 1. The first kappa shape index (κ1) is 18.4. The summed E-state index contributed by atoms with van der Waals surface area (Å²) in [5.41, 5.74) is 1.77. The number of carbonyl (C=O) groups excluding carboxylic acids is 1. The highest BCUT2D eigenvalue weighted by molar-refractivity contribution is 5.73. The molecule has 1 saturated heterocycles. The van der Waals surface area contributed by atoms with Gasteiger partial charge in [0.2, 0.25) is 5.91 Å². The topological polar surface area (TPSA) is 33.2 Å². The van der Waals surface area contributed by atoms with Gasteiger partial charge in [-0.05, 0) is 42.5 Å². The molecule has 6 heteroatoms. The normalized spacial score (nSPS) is 18.0. The molecule has 1 aliphatic heterocycles. The minimum absolute atomic E-state index is 0.0795. The van der Waals surface area contributed by atoms with Crippen LogP contribution in [0.1, 0.15) is 48.1 Å².